The zero-order chi connectivity index (χ0) is 7.44. The molecule has 4 N–H and O–H groups in total. The van der Waals surface area contributed by atoms with E-state index in [0.29, 0.717) is 0 Å². The van der Waals surface area contributed by atoms with E-state index in [1.165, 1.54) is 0 Å². The summed E-state index contributed by atoms with van der Waals surface area (Å²) in [6.45, 7) is 3.17. The fraction of sp³-hybridized carbons (Fsp3) is 0.400. The first-order valence-electron chi connectivity index (χ1n) is 2.38. The maximum Gasteiger partial charge on any atom is 0.323 e. The highest BCUT2D eigenvalue weighted by atomic mass is 16.4. The van der Waals surface area contributed by atoms with E-state index in [4.69, 9.17) is 15.9 Å². The molecule has 0 fully saturated rings. The summed E-state index contributed by atoms with van der Waals surface area (Å²) in [5.74, 6) is -1.23. The Morgan fingerprint density at radius 1 is 1.78 bits per heavy atom. The monoisotopic (exact) mass is 131 g/mol. The summed E-state index contributed by atoms with van der Waals surface area (Å²) in [4.78, 5) is 9.97. The number of carbonyl (C=O) groups is 1. The van der Waals surface area contributed by atoms with Crippen molar-refractivity contribution in [3.05, 3.63) is 12.7 Å². The van der Waals surface area contributed by atoms with Gasteiger partial charge in [-0.3, -0.25) is 4.79 Å². The van der Waals surface area contributed by atoms with Crippen molar-refractivity contribution >= 4 is 5.97 Å². The van der Waals surface area contributed by atoms with Crippen molar-refractivity contribution in [2.45, 2.75) is 12.1 Å². The Bertz CT molecular complexity index is 123. The number of aliphatic hydroxyl groups excluding tert-OH is 1. The average molecular weight is 131 g/mol. The number of rotatable bonds is 3. The van der Waals surface area contributed by atoms with Gasteiger partial charge in [-0.05, 0) is 0 Å². The van der Waals surface area contributed by atoms with Gasteiger partial charge in [0.05, 0.1) is 6.10 Å². The van der Waals surface area contributed by atoms with Crippen molar-refractivity contribution in [1.29, 1.82) is 0 Å². The highest BCUT2D eigenvalue weighted by Crippen LogP contribution is 1.89. The molecule has 4 nitrogen and oxygen atoms in total. The molecule has 0 radical (unpaired) electrons. The van der Waals surface area contributed by atoms with Crippen LogP contribution < -0.4 is 5.73 Å². The molecule has 2 atom stereocenters. The maximum atomic E-state index is 9.97. The molecule has 0 saturated heterocycles. The van der Waals surface area contributed by atoms with Crippen molar-refractivity contribution in [2.75, 3.05) is 0 Å². The molecule has 0 spiro atoms. The van der Waals surface area contributed by atoms with Crippen LogP contribution in [0, 0.1) is 0 Å². The molecule has 0 aliphatic rings. The summed E-state index contributed by atoms with van der Waals surface area (Å²) in [5, 5.41) is 16.8. The van der Waals surface area contributed by atoms with Crippen LogP contribution in [0.5, 0.6) is 0 Å². The van der Waals surface area contributed by atoms with Gasteiger partial charge in [0.1, 0.15) is 6.04 Å². The van der Waals surface area contributed by atoms with E-state index < -0.39 is 18.1 Å². The van der Waals surface area contributed by atoms with Gasteiger partial charge in [-0.25, -0.2) is 0 Å². The van der Waals surface area contributed by atoms with Crippen LogP contribution >= 0.6 is 0 Å². The van der Waals surface area contributed by atoms with Crippen LogP contribution in [0.3, 0.4) is 0 Å². The third-order valence-electron chi connectivity index (χ3n) is 0.895. The SMILES string of the molecule is C=C[C@@H](O)[C@H](N)C(=O)O. The van der Waals surface area contributed by atoms with Crippen LogP contribution in [0.2, 0.25) is 0 Å². The Hall–Kier alpha value is -0.870. The molecule has 52 valence electrons. The van der Waals surface area contributed by atoms with Gasteiger partial charge in [-0.2, -0.15) is 0 Å². The van der Waals surface area contributed by atoms with E-state index in [2.05, 4.69) is 6.58 Å². The summed E-state index contributed by atoms with van der Waals surface area (Å²) in [6, 6.07) is -1.26. The van der Waals surface area contributed by atoms with Crippen molar-refractivity contribution in [2.24, 2.45) is 5.73 Å². The lowest BCUT2D eigenvalue weighted by Crippen LogP contribution is -2.40. The molecule has 0 aliphatic carbocycles. The average Bonchev–Trinajstić information content (AvgIpc) is 1.84. The predicted molar refractivity (Wildman–Crippen MR) is 31.8 cm³/mol. The maximum absolute atomic E-state index is 9.97. The van der Waals surface area contributed by atoms with Gasteiger partial charge in [0.2, 0.25) is 0 Å². The van der Waals surface area contributed by atoms with Crippen LogP contribution in [0.1, 0.15) is 0 Å². The molecule has 0 aliphatic heterocycles. The Labute approximate surface area is 52.6 Å². The molecule has 4 heteroatoms. The van der Waals surface area contributed by atoms with Crippen molar-refractivity contribution in [1.82, 2.24) is 0 Å². The molecule has 0 bridgehead atoms. The number of carboxylic acids is 1. The van der Waals surface area contributed by atoms with Gasteiger partial charge in [0.25, 0.3) is 0 Å². The van der Waals surface area contributed by atoms with E-state index in [1.807, 2.05) is 0 Å². The van der Waals surface area contributed by atoms with E-state index >= 15 is 0 Å². The van der Waals surface area contributed by atoms with Crippen LogP contribution in [0.25, 0.3) is 0 Å². The molecule has 0 aromatic rings. The smallest absolute Gasteiger partial charge is 0.323 e. The second-order valence-corrected chi connectivity index (χ2v) is 1.59. The number of hydrogen-bond acceptors (Lipinski definition) is 3. The quantitative estimate of drug-likeness (QED) is 0.426. The van der Waals surface area contributed by atoms with E-state index in [0.717, 1.165) is 6.08 Å². The first-order chi connectivity index (χ1) is 4.09. The Balaban J connectivity index is 3.86. The van der Waals surface area contributed by atoms with E-state index in [1.54, 1.807) is 0 Å². The minimum atomic E-state index is -1.26. The number of nitrogens with two attached hydrogens (primary N) is 1. The van der Waals surface area contributed by atoms with Crippen LogP contribution in [-0.4, -0.2) is 28.3 Å². The van der Waals surface area contributed by atoms with Gasteiger partial charge < -0.3 is 15.9 Å². The first kappa shape index (κ1) is 8.13. The fourth-order valence-electron chi connectivity index (χ4n) is 0.293. The largest absolute Gasteiger partial charge is 0.480 e. The summed E-state index contributed by atoms with van der Waals surface area (Å²) in [7, 11) is 0. The Morgan fingerprint density at radius 3 is 2.33 bits per heavy atom. The summed E-state index contributed by atoms with van der Waals surface area (Å²) in [5.41, 5.74) is 4.95. The van der Waals surface area contributed by atoms with Gasteiger partial charge in [0.15, 0.2) is 0 Å². The summed E-state index contributed by atoms with van der Waals surface area (Å²) < 4.78 is 0. The van der Waals surface area contributed by atoms with Crippen LogP contribution in [0.4, 0.5) is 0 Å². The predicted octanol–water partition coefficient (Wildman–Crippen LogP) is -1.05. The molecular weight excluding hydrogens is 122 g/mol. The van der Waals surface area contributed by atoms with Crippen molar-refractivity contribution in [3.8, 4) is 0 Å². The van der Waals surface area contributed by atoms with Gasteiger partial charge in [0, 0.05) is 0 Å². The second kappa shape index (κ2) is 3.21. The Morgan fingerprint density at radius 2 is 2.22 bits per heavy atom. The number of aliphatic carboxylic acids is 1. The van der Waals surface area contributed by atoms with Gasteiger partial charge >= 0.3 is 5.97 Å². The third kappa shape index (κ3) is 2.25. The van der Waals surface area contributed by atoms with Crippen molar-refractivity contribution in [3.63, 3.8) is 0 Å². The lowest BCUT2D eigenvalue weighted by Gasteiger charge is -2.08. The first-order valence-corrected chi connectivity index (χ1v) is 2.38. The van der Waals surface area contributed by atoms with E-state index in [9.17, 15) is 4.79 Å². The molecular formula is C5H9NO3. The third-order valence-corrected chi connectivity index (χ3v) is 0.895. The topological polar surface area (TPSA) is 83.5 Å². The molecule has 9 heavy (non-hydrogen) atoms. The zero-order valence-corrected chi connectivity index (χ0v) is 4.82. The number of carboxylic acid groups (broad SMARTS) is 1. The minimum Gasteiger partial charge on any atom is -0.480 e. The normalized spacial score (nSPS) is 16.2. The molecule has 0 aromatic heterocycles. The summed E-state index contributed by atoms with van der Waals surface area (Å²) >= 11 is 0. The lowest BCUT2D eigenvalue weighted by atomic mass is 10.2. The Kier molecular flexibility index (Phi) is 2.90. The minimum absolute atomic E-state index is 1.08. The number of aliphatic hydroxyl groups is 1. The highest BCUT2D eigenvalue weighted by molar-refractivity contribution is 5.74. The molecule has 0 saturated carbocycles. The van der Waals surface area contributed by atoms with Gasteiger partial charge in [-0.1, -0.05) is 6.08 Å². The molecule has 0 aromatic carbocycles. The summed E-state index contributed by atoms with van der Waals surface area (Å²) in [6.07, 6.45) is -0.0822. The molecule has 0 unspecified atom stereocenters. The van der Waals surface area contributed by atoms with Crippen LogP contribution in [-0.2, 0) is 4.79 Å². The molecule has 0 rings (SSSR count). The van der Waals surface area contributed by atoms with Crippen LogP contribution in [0.15, 0.2) is 12.7 Å². The molecule has 0 heterocycles. The van der Waals surface area contributed by atoms with Crippen molar-refractivity contribution < 1.29 is 15.0 Å². The number of hydrogen-bond donors (Lipinski definition) is 3. The lowest BCUT2D eigenvalue weighted by molar-refractivity contribution is -0.140. The molecule has 0 amide bonds. The van der Waals surface area contributed by atoms with E-state index in [-0.39, 0.29) is 0 Å². The fourth-order valence-corrected chi connectivity index (χ4v) is 0.293. The zero-order valence-electron chi connectivity index (χ0n) is 4.82. The highest BCUT2D eigenvalue weighted by Gasteiger charge is 2.17. The van der Waals surface area contributed by atoms with Gasteiger partial charge in [-0.15, -0.1) is 6.58 Å². The second-order valence-electron chi connectivity index (χ2n) is 1.59. The standard InChI is InChI=1S/C5H9NO3/c1-2-3(7)4(6)5(8)9/h2-4,7H,1,6H2,(H,8,9)/t3-,4+/m1/s1.